The molecule has 0 spiro atoms. The van der Waals surface area contributed by atoms with Crippen LogP contribution in [0.15, 0.2) is 47.4 Å². The number of esters is 1. The molecule has 0 aliphatic carbocycles. The highest BCUT2D eigenvalue weighted by Crippen LogP contribution is 2.33. The van der Waals surface area contributed by atoms with Crippen molar-refractivity contribution in [1.29, 1.82) is 0 Å². The van der Waals surface area contributed by atoms with Gasteiger partial charge in [0.25, 0.3) is 0 Å². The van der Waals surface area contributed by atoms with Crippen molar-refractivity contribution in [3.63, 3.8) is 0 Å². The molecule has 1 heterocycles. The van der Waals surface area contributed by atoms with Crippen molar-refractivity contribution in [3.8, 4) is 23.0 Å². The van der Waals surface area contributed by atoms with E-state index in [0.29, 0.717) is 17.2 Å². The molecule has 0 fully saturated rings. The third kappa shape index (κ3) is 3.83. The van der Waals surface area contributed by atoms with Crippen molar-refractivity contribution in [2.75, 3.05) is 20.4 Å². The molecule has 0 unspecified atom stereocenters. The first-order valence-electron chi connectivity index (χ1n) is 7.22. The minimum Gasteiger partial charge on any atom is -0.493 e. The Bertz CT molecular complexity index is 895. The first-order valence-corrected chi connectivity index (χ1v) is 8.71. The summed E-state index contributed by atoms with van der Waals surface area (Å²) in [7, 11) is -2.46. The number of carbonyl (C=O) groups excluding carboxylic acids is 1. The largest absolute Gasteiger partial charge is 0.493 e. The molecule has 0 saturated heterocycles. The molecule has 132 valence electrons. The van der Waals surface area contributed by atoms with Crippen molar-refractivity contribution < 1.29 is 32.2 Å². The summed E-state index contributed by atoms with van der Waals surface area (Å²) >= 11 is 0. The molecule has 2 aromatic carbocycles. The van der Waals surface area contributed by atoms with E-state index in [1.165, 1.54) is 25.3 Å². The van der Waals surface area contributed by atoms with E-state index >= 15 is 0 Å². The normalized spacial score (nSPS) is 12.7. The highest BCUT2D eigenvalue weighted by atomic mass is 32.2. The number of fused-ring (bicyclic) bond motifs is 1. The van der Waals surface area contributed by atoms with Crippen molar-refractivity contribution >= 4 is 16.0 Å². The molecule has 9 heteroatoms. The Hall–Kier alpha value is -2.78. The molecule has 0 radical (unpaired) electrons. The van der Waals surface area contributed by atoms with Crippen LogP contribution in [0.25, 0.3) is 0 Å². The van der Waals surface area contributed by atoms with Crippen LogP contribution in [0.5, 0.6) is 23.0 Å². The number of carbonyl (C=O) groups is 1. The van der Waals surface area contributed by atoms with Gasteiger partial charge in [-0.25, -0.2) is 8.42 Å². The van der Waals surface area contributed by atoms with Gasteiger partial charge in [-0.3, -0.25) is 4.79 Å². The van der Waals surface area contributed by atoms with Crippen molar-refractivity contribution in [3.05, 3.63) is 42.5 Å². The van der Waals surface area contributed by atoms with Crippen LogP contribution in [0.2, 0.25) is 0 Å². The third-order valence-electron chi connectivity index (χ3n) is 3.35. The van der Waals surface area contributed by atoms with Crippen molar-refractivity contribution in [2.24, 2.45) is 0 Å². The molecule has 0 atom stereocenters. The SMILES string of the molecule is COc1ccccc1OC(=O)CNS(=O)(=O)c1ccc2c(c1)OCO2. The Morgan fingerprint density at radius 3 is 2.60 bits per heavy atom. The van der Waals surface area contributed by atoms with Gasteiger partial charge < -0.3 is 18.9 Å². The maximum absolute atomic E-state index is 12.3. The first-order chi connectivity index (χ1) is 12.0. The summed E-state index contributed by atoms with van der Waals surface area (Å²) in [5, 5.41) is 0. The summed E-state index contributed by atoms with van der Waals surface area (Å²) in [6.07, 6.45) is 0. The van der Waals surface area contributed by atoms with Crippen LogP contribution in [0.1, 0.15) is 0 Å². The van der Waals surface area contributed by atoms with Crippen LogP contribution in [0.3, 0.4) is 0 Å². The minimum atomic E-state index is -3.90. The van der Waals surface area contributed by atoms with Gasteiger partial charge in [-0.15, -0.1) is 0 Å². The van der Waals surface area contributed by atoms with Gasteiger partial charge in [0, 0.05) is 6.07 Å². The fourth-order valence-electron chi connectivity index (χ4n) is 2.14. The van der Waals surface area contributed by atoms with E-state index in [-0.39, 0.29) is 17.4 Å². The standard InChI is InChI=1S/C16H15NO7S/c1-21-12-4-2-3-5-14(12)24-16(18)9-17-25(19,20)11-6-7-13-15(8-11)23-10-22-13/h2-8,17H,9-10H2,1H3. The minimum absolute atomic E-state index is 0.0392. The van der Waals surface area contributed by atoms with Gasteiger partial charge in [0.2, 0.25) is 16.8 Å². The van der Waals surface area contributed by atoms with E-state index in [2.05, 4.69) is 4.72 Å². The Kier molecular flexibility index (Phi) is 4.77. The monoisotopic (exact) mass is 365 g/mol. The molecule has 0 aromatic heterocycles. The van der Waals surface area contributed by atoms with E-state index in [9.17, 15) is 13.2 Å². The predicted molar refractivity (Wildman–Crippen MR) is 86.4 cm³/mol. The lowest BCUT2D eigenvalue weighted by Crippen LogP contribution is -2.32. The molecule has 2 aromatic rings. The average molecular weight is 365 g/mol. The maximum atomic E-state index is 12.3. The van der Waals surface area contributed by atoms with Crippen LogP contribution < -0.4 is 23.7 Å². The van der Waals surface area contributed by atoms with Crippen LogP contribution in [0.4, 0.5) is 0 Å². The van der Waals surface area contributed by atoms with E-state index in [1.54, 1.807) is 24.3 Å². The summed E-state index contributed by atoms with van der Waals surface area (Å²) in [6.45, 7) is -0.494. The number of hydrogen-bond acceptors (Lipinski definition) is 7. The fourth-order valence-corrected chi connectivity index (χ4v) is 3.13. The van der Waals surface area contributed by atoms with Crippen LogP contribution in [-0.4, -0.2) is 34.8 Å². The lowest BCUT2D eigenvalue weighted by atomic mass is 10.3. The highest BCUT2D eigenvalue weighted by Gasteiger charge is 2.21. The van der Waals surface area contributed by atoms with Crippen LogP contribution in [0, 0.1) is 0 Å². The number of rotatable bonds is 6. The molecule has 25 heavy (non-hydrogen) atoms. The molecule has 1 aliphatic rings. The molecular formula is C16H15NO7S. The van der Waals surface area contributed by atoms with Gasteiger partial charge >= 0.3 is 5.97 Å². The molecule has 1 aliphatic heterocycles. The second-order valence-electron chi connectivity index (χ2n) is 4.96. The number of para-hydroxylation sites is 2. The number of benzene rings is 2. The Morgan fingerprint density at radius 2 is 1.84 bits per heavy atom. The molecular weight excluding hydrogens is 350 g/mol. The van der Waals surface area contributed by atoms with Crippen LogP contribution >= 0.6 is 0 Å². The van der Waals surface area contributed by atoms with E-state index in [0.717, 1.165) is 0 Å². The van der Waals surface area contributed by atoms with Crippen LogP contribution in [-0.2, 0) is 14.8 Å². The number of ether oxygens (including phenoxy) is 4. The second-order valence-corrected chi connectivity index (χ2v) is 6.73. The van der Waals surface area contributed by atoms with Gasteiger partial charge in [0.15, 0.2) is 23.0 Å². The number of sulfonamides is 1. The number of nitrogens with one attached hydrogen (secondary N) is 1. The number of hydrogen-bond donors (Lipinski definition) is 1. The summed E-state index contributed by atoms with van der Waals surface area (Å²) in [4.78, 5) is 11.9. The lowest BCUT2D eigenvalue weighted by Gasteiger charge is -2.10. The molecule has 0 amide bonds. The Labute approximate surface area is 144 Å². The molecule has 1 N–H and O–H groups in total. The van der Waals surface area contributed by atoms with Crippen molar-refractivity contribution in [1.82, 2.24) is 4.72 Å². The quantitative estimate of drug-likeness (QED) is 0.608. The topological polar surface area (TPSA) is 100 Å². The van der Waals surface area contributed by atoms with E-state index < -0.39 is 22.5 Å². The summed E-state index contributed by atoms with van der Waals surface area (Å²) in [5.41, 5.74) is 0. The average Bonchev–Trinajstić information content (AvgIpc) is 3.08. The zero-order valence-corrected chi connectivity index (χ0v) is 14.0. The Morgan fingerprint density at radius 1 is 1.12 bits per heavy atom. The summed E-state index contributed by atoms with van der Waals surface area (Å²) < 4.78 is 47.2. The molecule has 0 bridgehead atoms. The summed E-state index contributed by atoms with van der Waals surface area (Å²) in [5.74, 6) is 0.606. The zero-order chi connectivity index (χ0) is 17.9. The van der Waals surface area contributed by atoms with Gasteiger partial charge in [-0.2, -0.15) is 4.72 Å². The molecule has 0 saturated carbocycles. The van der Waals surface area contributed by atoms with Gasteiger partial charge in [-0.05, 0) is 24.3 Å². The smallest absolute Gasteiger partial charge is 0.326 e. The lowest BCUT2D eigenvalue weighted by molar-refractivity contribution is -0.133. The van der Waals surface area contributed by atoms with Gasteiger partial charge in [0.1, 0.15) is 6.54 Å². The Balaban J connectivity index is 1.65. The maximum Gasteiger partial charge on any atom is 0.326 e. The molecule has 3 rings (SSSR count). The third-order valence-corrected chi connectivity index (χ3v) is 4.75. The summed E-state index contributed by atoms with van der Waals surface area (Å²) in [6, 6.07) is 10.7. The first kappa shape index (κ1) is 17.1. The van der Waals surface area contributed by atoms with Gasteiger partial charge in [-0.1, -0.05) is 12.1 Å². The van der Waals surface area contributed by atoms with Gasteiger partial charge in [0.05, 0.1) is 12.0 Å². The fraction of sp³-hybridized carbons (Fsp3) is 0.188. The second kappa shape index (κ2) is 6.99. The van der Waals surface area contributed by atoms with E-state index in [1.807, 2.05) is 0 Å². The van der Waals surface area contributed by atoms with E-state index in [4.69, 9.17) is 18.9 Å². The predicted octanol–water partition coefficient (Wildman–Crippen LogP) is 1.31. The molecule has 8 nitrogen and oxygen atoms in total. The van der Waals surface area contributed by atoms with Crippen molar-refractivity contribution in [2.45, 2.75) is 4.90 Å². The highest BCUT2D eigenvalue weighted by molar-refractivity contribution is 7.89. The number of methoxy groups -OCH3 is 1. The zero-order valence-electron chi connectivity index (χ0n) is 13.2.